The molecular weight excluding hydrogens is 280 g/mol. The maximum atomic E-state index is 4.72. The summed E-state index contributed by atoms with van der Waals surface area (Å²) in [6.45, 7) is 5.20. The van der Waals surface area contributed by atoms with Gasteiger partial charge in [0.1, 0.15) is 10.6 Å². The van der Waals surface area contributed by atoms with Crippen molar-refractivity contribution in [2.45, 2.75) is 58.4 Å². The lowest BCUT2D eigenvalue weighted by Crippen LogP contribution is -2.23. The van der Waals surface area contributed by atoms with E-state index in [2.05, 4.69) is 35.5 Å². The Morgan fingerprint density at radius 3 is 2.81 bits per heavy atom. The topological polar surface area (TPSA) is 49.8 Å². The summed E-state index contributed by atoms with van der Waals surface area (Å²) in [5, 5.41) is 8.16. The Labute approximate surface area is 130 Å². The third-order valence-corrected chi connectivity index (χ3v) is 4.94. The second-order valence-electron chi connectivity index (χ2n) is 5.88. The Morgan fingerprint density at radius 1 is 1.24 bits per heavy atom. The van der Waals surface area contributed by atoms with Crippen LogP contribution in [-0.2, 0) is 0 Å². The van der Waals surface area contributed by atoms with Crippen molar-refractivity contribution in [1.29, 1.82) is 0 Å². The highest BCUT2D eigenvalue weighted by Crippen LogP contribution is 2.31. The highest BCUT2D eigenvalue weighted by molar-refractivity contribution is 7.18. The molecule has 0 aromatic carbocycles. The Balaban J connectivity index is 1.89. The van der Waals surface area contributed by atoms with Crippen LogP contribution in [0, 0.1) is 6.92 Å². The number of aromatic nitrogens is 2. The van der Waals surface area contributed by atoms with Crippen molar-refractivity contribution >= 4 is 33.3 Å². The molecule has 0 amide bonds. The zero-order valence-electron chi connectivity index (χ0n) is 12.9. The van der Waals surface area contributed by atoms with Crippen molar-refractivity contribution in [3.63, 3.8) is 0 Å². The summed E-state index contributed by atoms with van der Waals surface area (Å²) in [5.74, 6) is 1.76. The molecule has 0 radical (unpaired) electrons. The van der Waals surface area contributed by atoms with Crippen LogP contribution in [0.2, 0.25) is 0 Å². The molecule has 21 heavy (non-hydrogen) atoms. The molecule has 0 spiro atoms. The summed E-state index contributed by atoms with van der Waals surface area (Å²) in [7, 11) is 0. The van der Waals surface area contributed by atoms with Crippen LogP contribution < -0.4 is 10.6 Å². The van der Waals surface area contributed by atoms with E-state index in [-0.39, 0.29) is 0 Å². The van der Waals surface area contributed by atoms with Crippen LogP contribution in [0.15, 0.2) is 6.07 Å². The minimum absolute atomic E-state index is 0.566. The first-order valence-corrected chi connectivity index (χ1v) is 8.86. The lowest BCUT2D eigenvalue weighted by atomic mass is 9.95. The van der Waals surface area contributed by atoms with Gasteiger partial charge in [-0.2, -0.15) is 4.98 Å². The molecule has 0 bridgehead atoms. The normalized spacial score (nSPS) is 16.3. The molecule has 114 valence electrons. The van der Waals surface area contributed by atoms with Gasteiger partial charge in [0.05, 0.1) is 5.39 Å². The van der Waals surface area contributed by atoms with Gasteiger partial charge < -0.3 is 10.6 Å². The van der Waals surface area contributed by atoms with Gasteiger partial charge in [-0.25, -0.2) is 4.98 Å². The van der Waals surface area contributed by atoms with Crippen molar-refractivity contribution in [2.24, 2.45) is 0 Å². The number of nitrogens with one attached hydrogen (secondary N) is 2. The van der Waals surface area contributed by atoms with E-state index in [0.717, 1.165) is 29.6 Å². The quantitative estimate of drug-likeness (QED) is 0.850. The number of fused-ring (bicyclic) bond motifs is 1. The number of aryl methyl sites for hydroxylation is 1. The van der Waals surface area contributed by atoms with E-state index in [1.807, 2.05) is 0 Å². The molecule has 5 heteroatoms. The molecule has 3 rings (SSSR count). The molecule has 4 nitrogen and oxygen atoms in total. The summed E-state index contributed by atoms with van der Waals surface area (Å²) >= 11 is 1.74. The van der Waals surface area contributed by atoms with Crippen molar-refractivity contribution < 1.29 is 0 Å². The maximum absolute atomic E-state index is 4.72. The molecule has 0 aliphatic heterocycles. The van der Waals surface area contributed by atoms with Gasteiger partial charge >= 0.3 is 0 Å². The molecular formula is C16H24N4S. The number of hydrogen-bond acceptors (Lipinski definition) is 5. The Morgan fingerprint density at radius 2 is 2.05 bits per heavy atom. The van der Waals surface area contributed by atoms with Crippen molar-refractivity contribution in [3.8, 4) is 0 Å². The molecule has 1 aliphatic rings. The average molecular weight is 304 g/mol. The van der Waals surface area contributed by atoms with Gasteiger partial charge in [0.2, 0.25) is 5.95 Å². The maximum Gasteiger partial charge on any atom is 0.226 e. The summed E-state index contributed by atoms with van der Waals surface area (Å²) in [4.78, 5) is 11.7. The molecule has 1 fully saturated rings. The standard InChI is InChI=1S/C16H24N4S/c1-3-9-17-16-19-14(18-12-7-5-4-6-8-12)13-10-11(2)21-15(13)20-16/h10,12H,3-9H2,1-2H3,(H2,17,18,19,20). The van der Waals surface area contributed by atoms with E-state index >= 15 is 0 Å². The molecule has 1 saturated carbocycles. The highest BCUT2D eigenvalue weighted by atomic mass is 32.1. The lowest BCUT2D eigenvalue weighted by Gasteiger charge is -2.23. The third kappa shape index (κ3) is 3.46. The first-order chi connectivity index (χ1) is 10.3. The monoisotopic (exact) mass is 304 g/mol. The van der Waals surface area contributed by atoms with Crippen molar-refractivity contribution in [1.82, 2.24) is 9.97 Å². The van der Waals surface area contributed by atoms with Crippen LogP contribution in [0.25, 0.3) is 10.2 Å². The van der Waals surface area contributed by atoms with Crippen LogP contribution in [0.3, 0.4) is 0 Å². The zero-order chi connectivity index (χ0) is 14.7. The van der Waals surface area contributed by atoms with Crippen molar-refractivity contribution in [3.05, 3.63) is 10.9 Å². The molecule has 2 aromatic rings. The van der Waals surface area contributed by atoms with E-state index in [0.29, 0.717) is 6.04 Å². The van der Waals surface area contributed by atoms with Crippen LogP contribution in [0.1, 0.15) is 50.3 Å². The predicted molar refractivity (Wildman–Crippen MR) is 91.4 cm³/mol. The Hall–Kier alpha value is -1.36. The molecule has 0 atom stereocenters. The third-order valence-electron chi connectivity index (χ3n) is 4.00. The first kappa shape index (κ1) is 14.6. The van der Waals surface area contributed by atoms with Gasteiger partial charge in [-0.05, 0) is 32.3 Å². The number of thiophene rings is 1. The van der Waals surface area contributed by atoms with Crippen LogP contribution >= 0.6 is 11.3 Å². The summed E-state index contributed by atoms with van der Waals surface area (Å²) < 4.78 is 0. The van der Waals surface area contributed by atoms with Gasteiger partial charge in [0, 0.05) is 17.5 Å². The van der Waals surface area contributed by atoms with Gasteiger partial charge in [0.15, 0.2) is 0 Å². The van der Waals surface area contributed by atoms with E-state index in [4.69, 9.17) is 4.98 Å². The fourth-order valence-electron chi connectivity index (χ4n) is 2.91. The smallest absolute Gasteiger partial charge is 0.226 e. The van der Waals surface area contributed by atoms with E-state index in [9.17, 15) is 0 Å². The Kier molecular flexibility index (Phi) is 4.58. The minimum Gasteiger partial charge on any atom is -0.367 e. The minimum atomic E-state index is 0.566. The second kappa shape index (κ2) is 6.60. The SMILES string of the molecule is CCCNc1nc(NC2CCCCC2)c2cc(C)sc2n1. The second-order valence-corrected chi connectivity index (χ2v) is 7.11. The number of hydrogen-bond donors (Lipinski definition) is 2. The van der Waals surface area contributed by atoms with Gasteiger partial charge in [0.25, 0.3) is 0 Å². The van der Waals surface area contributed by atoms with Crippen molar-refractivity contribution in [2.75, 3.05) is 17.2 Å². The molecule has 2 N–H and O–H groups in total. The first-order valence-electron chi connectivity index (χ1n) is 8.05. The predicted octanol–water partition coefficient (Wildman–Crippen LogP) is 4.57. The fraction of sp³-hybridized carbons (Fsp3) is 0.625. The summed E-state index contributed by atoms with van der Waals surface area (Å²) in [6.07, 6.45) is 7.62. The molecule has 1 aliphatic carbocycles. The summed E-state index contributed by atoms with van der Waals surface area (Å²) in [6, 6.07) is 2.77. The average Bonchev–Trinajstić information content (AvgIpc) is 2.87. The lowest BCUT2D eigenvalue weighted by molar-refractivity contribution is 0.462. The van der Waals surface area contributed by atoms with Crippen LogP contribution in [0.4, 0.5) is 11.8 Å². The number of anilines is 2. The molecule has 2 aromatic heterocycles. The molecule has 0 saturated heterocycles. The number of rotatable bonds is 5. The fourth-order valence-corrected chi connectivity index (χ4v) is 3.79. The van der Waals surface area contributed by atoms with Gasteiger partial charge in [-0.15, -0.1) is 11.3 Å². The largest absolute Gasteiger partial charge is 0.367 e. The van der Waals surface area contributed by atoms with Gasteiger partial charge in [-0.1, -0.05) is 26.2 Å². The molecule has 0 unspecified atom stereocenters. The Bertz CT molecular complexity index is 602. The zero-order valence-corrected chi connectivity index (χ0v) is 13.7. The highest BCUT2D eigenvalue weighted by Gasteiger charge is 2.17. The summed E-state index contributed by atoms with van der Waals surface area (Å²) in [5.41, 5.74) is 0. The van der Waals surface area contributed by atoms with Crippen LogP contribution in [-0.4, -0.2) is 22.6 Å². The van der Waals surface area contributed by atoms with E-state index in [1.54, 1.807) is 11.3 Å². The number of nitrogens with zero attached hydrogens (tertiary/aromatic N) is 2. The van der Waals surface area contributed by atoms with E-state index < -0.39 is 0 Å². The van der Waals surface area contributed by atoms with Gasteiger partial charge in [-0.3, -0.25) is 0 Å². The molecule has 2 heterocycles. The van der Waals surface area contributed by atoms with E-state index in [1.165, 1.54) is 42.4 Å². The van der Waals surface area contributed by atoms with Crippen LogP contribution in [0.5, 0.6) is 0 Å².